The smallest absolute Gasteiger partial charge is 0.337 e. The highest BCUT2D eigenvalue weighted by atomic mass is 19.4. The van der Waals surface area contributed by atoms with Gasteiger partial charge in [0, 0.05) is 19.2 Å². The molecule has 2 heterocycles. The molecule has 1 spiro atoms. The van der Waals surface area contributed by atoms with Gasteiger partial charge in [0.05, 0.1) is 24.2 Å². The van der Waals surface area contributed by atoms with Crippen molar-refractivity contribution in [3.8, 4) is 6.07 Å². The summed E-state index contributed by atoms with van der Waals surface area (Å²) < 4.78 is 52.8. The first-order chi connectivity index (χ1) is 16.0. The molecule has 4 rings (SSSR count). The maximum atomic E-state index is 14.2. The van der Waals surface area contributed by atoms with Gasteiger partial charge in [-0.25, -0.2) is 4.39 Å². The van der Waals surface area contributed by atoms with Gasteiger partial charge in [-0.1, -0.05) is 12.1 Å². The van der Waals surface area contributed by atoms with E-state index < -0.39 is 41.5 Å². The van der Waals surface area contributed by atoms with Crippen LogP contribution in [0.1, 0.15) is 23.6 Å². The molecule has 2 aromatic carbocycles. The first-order valence-corrected chi connectivity index (χ1v) is 10.2. The number of rotatable bonds is 3. The first kappa shape index (κ1) is 23.2. The predicted octanol–water partition coefficient (Wildman–Crippen LogP) is 2.69. The lowest BCUT2D eigenvalue weighted by molar-refractivity contribution is -0.169. The molecule has 0 saturated carbocycles. The molecule has 0 aromatic heterocycles. The van der Waals surface area contributed by atoms with Gasteiger partial charge in [0.25, 0.3) is 5.91 Å². The molecular formula is C23H18F4N4O3. The third kappa shape index (κ3) is 3.85. The van der Waals surface area contributed by atoms with Crippen LogP contribution in [0.25, 0.3) is 0 Å². The molecule has 0 aliphatic carbocycles. The van der Waals surface area contributed by atoms with Crippen molar-refractivity contribution < 1.29 is 31.9 Å². The third-order valence-electron chi connectivity index (χ3n) is 6.11. The summed E-state index contributed by atoms with van der Waals surface area (Å²) in [5.41, 5.74) is -2.02. The summed E-state index contributed by atoms with van der Waals surface area (Å²) in [6.07, 6.45) is -4.51. The van der Waals surface area contributed by atoms with Crippen molar-refractivity contribution >= 4 is 23.4 Å². The van der Waals surface area contributed by atoms with Gasteiger partial charge in [-0.2, -0.15) is 18.4 Å². The van der Waals surface area contributed by atoms with Crippen LogP contribution < -0.4 is 4.90 Å². The van der Waals surface area contributed by atoms with E-state index in [2.05, 4.69) is 0 Å². The normalized spacial score (nSPS) is 17.6. The Labute approximate surface area is 191 Å². The first-order valence-electron chi connectivity index (χ1n) is 10.2. The Morgan fingerprint density at radius 3 is 2.29 bits per heavy atom. The fourth-order valence-corrected chi connectivity index (χ4v) is 4.20. The Bertz CT molecular complexity index is 1210. The summed E-state index contributed by atoms with van der Waals surface area (Å²) in [4.78, 5) is 42.3. The lowest BCUT2D eigenvalue weighted by Crippen LogP contribution is -2.81. The second-order valence-corrected chi connectivity index (χ2v) is 8.25. The van der Waals surface area contributed by atoms with Crippen LogP contribution in [-0.4, -0.2) is 52.7 Å². The summed E-state index contributed by atoms with van der Waals surface area (Å²) >= 11 is 0. The number of piperazine rings is 1. The average Bonchev–Trinajstić information content (AvgIpc) is 2.74. The van der Waals surface area contributed by atoms with E-state index in [1.165, 1.54) is 41.0 Å². The number of likely N-dealkylation sites (tertiary alicyclic amines) is 1. The number of benzene rings is 2. The second kappa shape index (κ2) is 8.13. The van der Waals surface area contributed by atoms with Crippen LogP contribution in [0.5, 0.6) is 0 Å². The quantitative estimate of drug-likeness (QED) is 0.641. The Morgan fingerprint density at radius 1 is 1.12 bits per heavy atom. The summed E-state index contributed by atoms with van der Waals surface area (Å²) in [5.74, 6) is -2.20. The highest BCUT2D eigenvalue weighted by Gasteiger charge is 2.60. The summed E-state index contributed by atoms with van der Waals surface area (Å²) in [6.45, 7) is 0.568. The van der Waals surface area contributed by atoms with Crippen molar-refractivity contribution in [3.63, 3.8) is 0 Å². The van der Waals surface area contributed by atoms with E-state index in [4.69, 9.17) is 5.26 Å². The van der Waals surface area contributed by atoms with Gasteiger partial charge in [0.2, 0.25) is 11.8 Å². The highest BCUT2D eigenvalue weighted by molar-refractivity contribution is 6.10. The van der Waals surface area contributed by atoms with Gasteiger partial charge >= 0.3 is 6.18 Å². The lowest BCUT2D eigenvalue weighted by atomic mass is 9.83. The highest BCUT2D eigenvalue weighted by Crippen LogP contribution is 2.37. The lowest BCUT2D eigenvalue weighted by Gasteiger charge is -2.57. The zero-order chi connectivity index (χ0) is 24.8. The summed E-state index contributed by atoms with van der Waals surface area (Å²) in [5, 5.41) is 8.93. The van der Waals surface area contributed by atoms with Crippen LogP contribution in [0.2, 0.25) is 0 Å². The Kier molecular flexibility index (Phi) is 5.55. The second-order valence-electron chi connectivity index (χ2n) is 8.25. The van der Waals surface area contributed by atoms with E-state index in [9.17, 15) is 31.9 Å². The molecule has 7 nitrogen and oxygen atoms in total. The van der Waals surface area contributed by atoms with Crippen molar-refractivity contribution in [2.24, 2.45) is 0 Å². The molecule has 2 saturated heterocycles. The number of halogens is 4. The predicted molar refractivity (Wildman–Crippen MR) is 110 cm³/mol. The molecule has 0 bridgehead atoms. The van der Waals surface area contributed by atoms with E-state index in [1.807, 2.05) is 0 Å². The number of carbonyl (C=O) groups is 3. The number of hydrogen-bond donors (Lipinski definition) is 0. The summed E-state index contributed by atoms with van der Waals surface area (Å²) in [7, 11) is 0. The maximum absolute atomic E-state index is 14.2. The molecule has 0 N–H and O–H groups in total. The Hall–Kier alpha value is -3.94. The largest absolute Gasteiger partial charge is 0.416 e. The number of nitriles is 1. The molecule has 0 unspecified atom stereocenters. The van der Waals surface area contributed by atoms with Crippen molar-refractivity contribution in [1.82, 2.24) is 9.80 Å². The van der Waals surface area contributed by atoms with Crippen LogP contribution in [0.3, 0.4) is 0 Å². The standard InChI is InChI=1S/C23H18F4N4O3/c1-14(32)29-12-22(13-29)21(34)30(18-7-4-16(9-28)19(24)8-18)11-20(33)31(22)10-15-2-5-17(6-3-15)23(25,26)27/h2-8H,10-13H2,1H3. The molecule has 11 heteroatoms. The molecule has 34 heavy (non-hydrogen) atoms. The van der Waals surface area contributed by atoms with Crippen molar-refractivity contribution in [1.29, 1.82) is 5.26 Å². The van der Waals surface area contributed by atoms with Crippen LogP contribution in [0.4, 0.5) is 23.2 Å². The van der Waals surface area contributed by atoms with E-state index in [1.54, 1.807) is 6.07 Å². The van der Waals surface area contributed by atoms with E-state index in [0.29, 0.717) is 5.56 Å². The minimum atomic E-state index is -4.51. The van der Waals surface area contributed by atoms with Crippen LogP contribution in [-0.2, 0) is 27.1 Å². The number of hydrogen-bond acceptors (Lipinski definition) is 4. The molecule has 0 radical (unpaired) electrons. The molecule has 2 aliphatic rings. The van der Waals surface area contributed by atoms with Gasteiger partial charge in [-0.3, -0.25) is 14.4 Å². The van der Waals surface area contributed by atoms with E-state index in [0.717, 1.165) is 23.1 Å². The number of amides is 3. The topological polar surface area (TPSA) is 84.7 Å². The number of alkyl halides is 3. The Morgan fingerprint density at radius 2 is 1.76 bits per heavy atom. The molecule has 2 fully saturated rings. The van der Waals surface area contributed by atoms with E-state index >= 15 is 0 Å². The van der Waals surface area contributed by atoms with Crippen LogP contribution in [0, 0.1) is 17.1 Å². The number of carbonyl (C=O) groups excluding carboxylic acids is 3. The summed E-state index contributed by atoms with van der Waals surface area (Å²) in [6, 6.07) is 9.49. The van der Waals surface area contributed by atoms with Crippen molar-refractivity contribution in [2.75, 3.05) is 24.5 Å². The van der Waals surface area contributed by atoms with Gasteiger partial charge in [-0.05, 0) is 35.9 Å². The fourth-order valence-electron chi connectivity index (χ4n) is 4.20. The van der Waals surface area contributed by atoms with Gasteiger partial charge in [-0.15, -0.1) is 0 Å². The third-order valence-corrected chi connectivity index (χ3v) is 6.11. The Balaban J connectivity index is 1.66. The van der Waals surface area contributed by atoms with Crippen molar-refractivity contribution in [2.45, 2.75) is 25.2 Å². The van der Waals surface area contributed by atoms with Crippen LogP contribution in [0.15, 0.2) is 42.5 Å². The maximum Gasteiger partial charge on any atom is 0.416 e. The molecular weight excluding hydrogens is 456 g/mol. The minimum absolute atomic E-state index is 0.0877. The SMILES string of the molecule is CC(=O)N1CC2(C1)C(=O)N(c1ccc(C#N)c(F)c1)CC(=O)N2Cc1ccc(C(F)(F)F)cc1. The van der Waals surface area contributed by atoms with Crippen molar-refractivity contribution in [3.05, 3.63) is 65.0 Å². The fraction of sp³-hybridized carbons (Fsp3) is 0.304. The molecule has 2 aromatic rings. The number of anilines is 1. The van der Waals surface area contributed by atoms with Gasteiger partial charge in [0.15, 0.2) is 5.54 Å². The zero-order valence-corrected chi connectivity index (χ0v) is 17.9. The molecule has 0 atom stereocenters. The zero-order valence-electron chi connectivity index (χ0n) is 17.9. The van der Waals surface area contributed by atoms with Gasteiger partial charge < -0.3 is 14.7 Å². The van der Waals surface area contributed by atoms with Crippen LogP contribution >= 0.6 is 0 Å². The minimum Gasteiger partial charge on any atom is -0.337 e. The number of nitrogens with zero attached hydrogens (tertiary/aromatic N) is 4. The molecule has 2 aliphatic heterocycles. The van der Waals surface area contributed by atoms with Gasteiger partial charge in [0.1, 0.15) is 18.4 Å². The van der Waals surface area contributed by atoms with E-state index in [-0.39, 0.29) is 36.8 Å². The molecule has 3 amide bonds. The molecule has 176 valence electrons. The average molecular weight is 474 g/mol. The monoisotopic (exact) mass is 474 g/mol.